The van der Waals surface area contributed by atoms with Crippen molar-refractivity contribution >= 4 is 5.91 Å². The number of likely N-dealkylation sites (tertiary alicyclic amines) is 1. The summed E-state index contributed by atoms with van der Waals surface area (Å²) in [6, 6.07) is 6.10. The van der Waals surface area contributed by atoms with E-state index in [-0.39, 0.29) is 17.5 Å². The van der Waals surface area contributed by atoms with E-state index >= 15 is 0 Å². The van der Waals surface area contributed by atoms with E-state index in [1.807, 2.05) is 4.57 Å². The van der Waals surface area contributed by atoms with E-state index in [2.05, 4.69) is 5.10 Å². The fraction of sp³-hybridized carbons (Fsp3) is 0.500. The maximum atomic E-state index is 13.3. The molecular weight excluding hydrogens is 323 g/mol. The Kier molecular flexibility index (Phi) is 3.94. The fourth-order valence-corrected chi connectivity index (χ4v) is 3.60. The number of carbonyl (C=O) groups excluding carboxylic acids is 1. The monoisotopic (exact) mass is 344 g/mol. The van der Waals surface area contributed by atoms with Crippen molar-refractivity contribution in [3.8, 4) is 0 Å². The van der Waals surface area contributed by atoms with Gasteiger partial charge in [-0.25, -0.2) is 13.9 Å². The lowest BCUT2D eigenvalue weighted by atomic mass is 9.95. The molecule has 0 atom stereocenters. The number of carbonyl (C=O) groups is 1. The number of nitrogens with zero attached hydrogens (tertiary/aromatic N) is 4. The Morgan fingerprint density at radius 2 is 1.92 bits per heavy atom. The van der Waals surface area contributed by atoms with Crippen LogP contribution in [0.4, 0.5) is 4.39 Å². The molecule has 2 fully saturated rings. The first-order chi connectivity index (χ1) is 12.0. The molecule has 1 aliphatic carbocycles. The summed E-state index contributed by atoms with van der Waals surface area (Å²) in [5, 5.41) is 4.45. The van der Waals surface area contributed by atoms with E-state index in [0.717, 1.165) is 31.5 Å². The molecule has 2 aromatic rings. The second-order valence-electron chi connectivity index (χ2n) is 6.94. The third-order valence-corrected chi connectivity index (χ3v) is 5.11. The second-order valence-corrected chi connectivity index (χ2v) is 6.94. The van der Waals surface area contributed by atoms with Crippen LogP contribution in [0.15, 0.2) is 29.1 Å². The highest BCUT2D eigenvalue weighted by atomic mass is 19.1. The van der Waals surface area contributed by atoms with Crippen molar-refractivity contribution < 1.29 is 9.18 Å². The van der Waals surface area contributed by atoms with E-state index in [1.165, 1.54) is 16.8 Å². The predicted octanol–water partition coefficient (Wildman–Crippen LogP) is 2.08. The Balaban J connectivity index is 1.48. The van der Waals surface area contributed by atoms with Gasteiger partial charge < -0.3 is 4.90 Å². The number of hydrogen-bond donors (Lipinski definition) is 0. The number of hydrogen-bond acceptors (Lipinski definition) is 3. The van der Waals surface area contributed by atoms with Crippen LogP contribution < -0.4 is 5.69 Å². The van der Waals surface area contributed by atoms with E-state index in [0.29, 0.717) is 24.7 Å². The molecule has 6 nitrogen and oxygen atoms in total. The molecule has 0 bridgehead atoms. The quantitative estimate of drug-likeness (QED) is 0.856. The molecule has 25 heavy (non-hydrogen) atoms. The van der Waals surface area contributed by atoms with Crippen molar-refractivity contribution in [2.24, 2.45) is 7.05 Å². The van der Waals surface area contributed by atoms with E-state index in [9.17, 15) is 14.0 Å². The van der Waals surface area contributed by atoms with Crippen LogP contribution in [-0.2, 0) is 7.05 Å². The van der Waals surface area contributed by atoms with Crippen LogP contribution in [0, 0.1) is 5.82 Å². The van der Waals surface area contributed by atoms with Crippen molar-refractivity contribution in [2.75, 3.05) is 13.1 Å². The Hall–Kier alpha value is -2.44. The minimum atomic E-state index is -0.400. The van der Waals surface area contributed by atoms with Gasteiger partial charge in [0, 0.05) is 37.7 Å². The zero-order valence-electron chi connectivity index (χ0n) is 14.2. The van der Waals surface area contributed by atoms with Crippen LogP contribution in [-0.4, -0.2) is 38.2 Å². The molecular formula is C18H21FN4O2. The Bertz CT molecular complexity index is 860. The summed E-state index contributed by atoms with van der Waals surface area (Å²) >= 11 is 0. The van der Waals surface area contributed by atoms with Gasteiger partial charge in [0.1, 0.15) is 11.6 Å². The molecule has 1 saturated carbocycles. The van der Waals surface area contributed by atoms with E-state index in [4.69, 9.17) is 0 Å². The summed E-state index contributed by atoms with van der Waals surface area (Å²) in [6.07, 6.45) is 3.61. The van der Waals surface area contributed by atoms with Gasteiger partial charge in [0.2, 0.25) is 0 Å². The van der Waals surface area contributed by atoms with E-state index in [1.54, 1.807) is 24.1 Å². The molecule has 1 aromatic carbocycles. The maximum Gasteiger partial charge on any atom is 0.345 e. The van der Waals surface area contributed by atoms with Crippen LogP contribution in [0.3, 0.4) is 0 Å². The van der Waals surface area contributed by atoms with Gasteiger partial charge in [0.05, 0.1) is 0 Å². The SMILES string of the molecule is Cn1nc(C2CCN(C(=O)c3cccc(F)c3)CC2)n(C2CC2)c1=O. The lowest BCUT2D eigenvalue weighted by Crippen LogP contribution is -2.38. The minimum Gasteiger partial charge on any atom is -0.339 e. The summed E-state index contributed by atoms with van der Waals surface area (Å²) in [7, 11) is 1.69. The van der Waals surface area contributed by atoms with Gasteiger partial charge in [-0.05, 0) is 43.9 Å². The number of rotatable bonds is 3. The molecule has 132 valence electrons. The highest BCUT2D eigenvalue weighted by Crippen LogP contribution is 2.37. The second kappa shape index (κ2) is 6.13. The number of benzene rings is 1. The lowest BCUT2D eigenvalue weighted by Gasteiger charge is -2.31. The first-order valence-corrected chi connectivity index (χ1v) is 8.75. The topological polar surface area (TPSA) is 60.1 Å². The van der Waals surface area contributed by atoms with Gasteiger partial charge in [-0.2, -0.15) is 5.10 Å². The normalized spacial score (nSPS) is 18.6. The third kappa shape index (κ3) is 2.99. The summed E-state index contributed by atoms with van der Waals surface area (Å²) in [5.74, 6) is 0.500. The fourth-order valence-electron chi connectivity index (χ4n) is 3.60. The molecule has 2 aliphatic rings. The molecule has 4 rings (SSSR count). The summed E-state index contributed by atoms with van der Waals surface area (Å²) in [4.78, 5) is 26.5. The Labute approximate surface area is 144 Å². The zero-order valence-corrected chi connectivity index (χ0v) is 14.2. The van der Waals surface area contributed by atoms with Crippen molar-refractivity contribution in [2.45, 2.75) is 37.6 Å². The largest absolute Gasteiger partial charge is 0.345 e. The predicted molar refractivity (Wildman–Crippen MR) is 90.0 cm³/mol. The Morgan fingerprint density at radius 3 is 2.56 bits per heavy atom. The van der Waals surface area contributed by atoms with Crippen LogP contribution in [0.1, 0.15) is 53.8 Å². The smallest absolute Gasteiger partial charge is 0.339 e. The van der Waals surface area contributed by atoms with Crippen LogP contribution in [0.2, 0.25) is 0 Å². The number of amides is 1. The van der Waals surface area contributed by atoms with Crippen LogP contribution in [0.5, 0.6) is 0 Å². The van der Waals surface area contributed by atoms with Gasteiger partial charge in [0.25, 0.3) is 5.91 Å². The van der Waals surface area contributed by atoms with E-state index < -0.39 is 5.82 Å². The van der Waals surface area contributed by atoms with Crippen LogP contribution >= 0.6 is 0 Å². The van der Waals surface area contributed by atoms with Gasteiger partial charge in [-0.15, -0.1) is 0 Å². The summed E-state index contributed by atoms with van der Waals surface area (Å²) in [6.45, 7) is 1.19. The molecule has 7 heteroatoms. The molecule has 1 saturated heterocycles. The first kappa shape index (κ1) is 16.1. The number of aryl methyl sites for hydroxylation is 1. The van der Waals surface area contributed by atoms with Gasteiger partial charge >= 0.3 is 5.69 Å². The van der Waals surface area contributed by atoms with Crippen molar-refractivity contribution in [3.63, 3.8) is 0 Å². The molecule has 2 heterocycles. The summed E-state index contributed by atoms with van der Waals surface area (Å²) in [5.41, 5.74) is 0.335. The van der Waals surface area contributed by atoms with Crippen molar-refractivity contribution in [3.05, 3.63) is 52.0 Å². The number of halogens is 1. The van der Waals surface area contributed by atoms with Crippen LogP contribution in [0.25, 0.3) is 0 Å². The van der Waals surface area contributed by atoms with Crippen molar-refractivity contribution in [1.82, 2.24) is 19.2 Å². The number of aromatic nitrogens is 3. The lowest BCUT2D eigenvalue weighted by molar-refractivity contribution is 0.0709. The third-order valence-electron chi connectivity index (χ3n) is 5.11. The molecule has 1 aliphatic heterocycles. The van der Waals surface area contributed by atoms with Gasteiger partial charge in [-0.3, -0.25) is 9.36 Å². The van der Waals surface area contributed by atoms with Gasteiger partial charge in [0.15, 0.2) is 0 Å². The molecule has 0 unspecified atom stereocenters. The maximum absolute atomic E-state index is 13.3. The average Bonchev–Trinajstić information content (AvgIpc) is 3.41. The van der Waals surface area contributed by atoms with Gasteiger partial charge in [-0.1, -0.05) is 6.07 Å². The Morgan fingerprint density at radius 1 is 1.20 bits per heavy atom. The molecule has 0 spiro atoms. The highest BCUT2D eigenvalue weighted by Gasteiger charge is 2.34. The number of piperidine rings is 1. The molecule has 1 amide bonds. The first-order valence-electron chi connectivity index (χ1n) is 8.75. The molecule has 1 aromatic heterocycles. The molecule has 0 N–H and O–H groups in total. The highest BCUT2D eigenvalue weighted by molar-refractivity contribution is 5.94. The zero-order chi connectivity index (χ0) is 17.6. The standard InChI is InChI=1S/C18H21FN4O2/c1-21-18(25)23(15-5-6-15)16(20-21)12-7-9-22(10-8-12)17(24)13-3-2-4-14(19)11-13/h2-4,11-12,15H,5-10H2,1H3. The average molecular weight is 344 g/mol. The summed E-state index contributed by atoms with van der Waals surface area (Å²) < 4.78 is 16.6. The molecule has 0 radical (unpaired) electrons. The van der Waals surface area contributed by atoms with Crippen molar-refractivity contribution in [1.29, 1.82) is 0 Å². The minimum absolute atomic E-state index is 0.0456.